The van der Waals surface area contributed by atoms with Crippen molar-refractivity contribution in [3.63, 3.8) is 0 Å². The van der Waals surface area contributed by atoms with Crippen LogP contribution in [0.3, 0.4) is 0 Å². The first-order valence-electron chi connectivity index (χ1n) is 7.46. The number of fused-ring (bicyclic) bond motifs is 1. The molecule has 0 aromatic carbocycles. The van der Waals surface area contributed by atoms with Crippen LogP contribution in [0.5, 0.6) is 0 Å². The minimum absolute atomic E-state index is 0.0223. The zero-order valence-electron chi connectivity index (χ0n) is 12.7. The molecule has 0 atom stereocenters. The third kappa shape index (κ3) is 4.28. The Hall–Kier alpha value is -1.40. The van der Waals surface area contributed by atoms with Crippen molar-refractivity contribution in [1.82, 2.24) is 15.1 Å². The van der Waals surface area contributed by atoms with Gasteiger partial charge in [0, 0.05) is 24.5 Å². The molecule has 2 heterocycles. The Kier molecular flexibility index (Phi) is 5.76. The zero-order chi connectivity index (χ0) is 15.2. The van der Waals surface area contributed by atoms with Crippen LogP contribution in [0.25, 0.3) is 0 Å². The van der Waals surface area contributed by atoms with E-state index in [0.717, 1.165) is 13.0 Å². The van der Waals surface area contributed by atoms with Gasteiger partial charge in [-0.05, 0) is 36.9 Å². The lowest BCUT2D eigenvalue weighted by Crippen LogP contribution is -2.45. The summed E-state index contributed by atoms with van der Waals surface area (Å²) >= 11 is 1.77. The van der Waals surface area contributed by atoms with Crippen LogP contribution in [0.15, 0.2) is 11.4 Å². The van der Waals surface area contributed by atoms with Crippen LogP contribution in [0, 0.1) is 0 Å². The van der Waals surface area contributed by atoms with Crippen molar-refractivity contribution in [3.05, 3.63) is 21.9 Å². The van der Waals surface area contributed by atoms with E-state index in [9.17, 15) is 9.59 Å². The van der Waals surface area contributed by atoms with Gasteiger partial charge in [-0.25, -0.2) is 0 Å². The molecule has 21 heavy (non-hydrogen) atoms. The fourth-order valence-corrected chi connectivity index (χ4v) is 3.38. The molecule has 1 aromatic rings. The van der Waals surface area contributed by atoms with E-state index in [1.165, 1.54) is 10.4 Å². The number of nitrogens with zero attached hydrogens (tertiary/aromatic N) is 2. The van der Waals surface area contributed by atoms with Gasteiger partial charge >= 0.3 is 0 Å². The van der Waals surface area contributed by atoms with Gasteiger partial charge in [0.15, 0.2) is 0 Å². The highest BCUT2D eigenvalue weighted by molar-refractivity contribution is 7.10. The maximum absolute atomic E-state index is 12.4. The Balaban J connectivity index is 1.87. The molecular formula is C15H23N3O2S. The van der Waals surface area contributed by atoms with E-state index >= 15 is 0 Å². The second-order valence-electron chi connectivity index (χ2n) is 5.19. The lowest BCUT2D eigenvalue weighted by atomic mass is 10.1. The number of nitrogens with one attached hydrogen (secondary N) is 1. The molecule has 0 aliphatic carbocycles. The molecule has 5 nitrogen and oxygen atoms in total. The SMILES string of the molecule is CCNC(=O)CN(CC)CC(=O)N1CCc2sccc2C1. The van der Waals surface area contributed by atoms with Crippen molar-refractivity contribution in [2.24, 2.45) is 0 Å². The average molecular weight is 309 g/mol. The van der Waals surface area contributed by atoms with Gasteiger partial charge in [-0.3, -0.25) is 14.5 Å². The summed E-state index contributed by atoms with van der Waals surface area (Å²) in [5.74, 6) is 0.0870. The maximum atomic E-state index is 12.4. The van der Waals surface area contributed by atoms with Gasteiger partial charge in [-0.2, -0.15) is 0 Å². The smallest absolute Gasteiger partial charge is 0.237 e. The molecule has 6 heteroatoms. The fraction of sp³-hybridized carbons (Fsp3) is 0.600. The summed E-state index contributed by atoms with van der Waals surface area (Å²) in [6.45, 7) is 7.27. The van der Waals surface area contributed by atoms with Gasteiger partial charge < -0.3 is 10.2 Å². The number of thiophene rings is 1. The van der Waals surface area contributed by atoms with E-state index in [0.29, 0.717) is 26.2 Å². The summed E-state index contributed by atoms with van der Waals surface area (Å²) in [7, 11) is 0. The number of hydrogen-bond acceptors (Lipinski definition) is 4. The van der Waals surface area contributed by atoms with Crippen LogP contribution in [0.1, 0.15) is 24.3 Å². The summed E-state index contributed by atoms with van der Waals surface area (Å²) in [5.41, 5.74) is 1.27. The molecule has 1 aliphatic heterocycles. The molecule has 2 rings (SSSR count). The van der Waals surface area contributed by atoms with E-state index in [2.05, 4.69) is 16.8 Å². The molecule has 1 aromatic heterocycles. The third-order valence-electron chi connectivity index (χ3n) is 3.71. The number of likely N-dealkylation sites (N-methyl/N-ethyl adjacent to an activating group) is 2. The van der Waals surface area contributed by atoms with E-state index in [1.807, 2.05) is 23.6 Å². The number of hydrogen-bond donors (Lipinski definition) is 1. The normalized spacial score (nSPS) is 14.1. The number of amides is 2. The molecule has 1 N–H and O–H groups in total. The molecule has 0 unspecified atom stereocenters. The molecule has 116 valence electrons. The highest BCUT2D eigenvalue weighted by Gasteiger charge is 2.23. The summed E-state index contributed by atoms with van der Waals surface area (Å²) in [4.78, 5) is 29.2. The summed E-state index contributed by atoms with van der Waals surface area (Å²) < 4.78 is 0. The van der Waals surface area contributed by atoms with Gasteiger partial charge in [0.05, 0.1) is 13.1 Å². The Bertz CT molecular complexity index is 501. The van der Waals surface area contributed by atoms with E-state index in [-0.39, 0.29) is 18.4 Å². The van der Waals surface area contributed by atoms with Crippen LogP contribution in [-0.4, -0.2) is 54.3 Å². The van der Waals surface area contributed by atoms with Crippen molar-refractivity contribution in [1.29, 1.82) is 0 Å². The number of carbonyl (C=O) groups excluding carboxylic acids is 2. The van der Waals surface area contributed by atoms with Crippen molar-refractivity contribution in [2.75, 3.05) is 32.7 Å². The minimum atomic E-state index is -0.0223. The fourth-order valence-electron chi connectivity index (χ4n) is 2.49. The van der Waals surface area contributed by atoms with E-state index < -0.39 is 0 Å². The molecule has 0 saturated heterocycles. The van der Waals surface area contributed by atoms with E-state index in [1.54, 1.807) is 11.3 Å². The average Bonchev–Trinajstić information content (AvgIpc) is 2.93. The van der Waals surface area contributed by atoms with Gasteiger partial charge in [0.1, 0.15) is 0 Å². The molecule has 2 amide bonds. The van der Waals surface area contributed by atoms with Gasteiger partial charge in [0.2, 0.25) is 11.8 Å². The number of rotatable bonds is 6. The lowest BCUT2D eigenvalue weighted by Gasteiger charge is -2.29. The first kappa shape index (κ1) is 16.0. The molecule has 0 fully saturated rings. The Morgan fingerprint density at radius 2 is 2.19 bits per heavy atom. The summed E-state index contributed by atoms with van der Waals surface area (Å²) in [5, 5.41) is 4.86. The second-order valence-corrected chi connectivity index (χ2v) is 6.19. The van der Waals surface area contributed by atoms with Crippen molar-refractivity contribution in [3.8, 4) is 0 Å². The molecule has 1 aliphatic rings. The van der Waals surface area contributed by atoms with Crippen LogP contribution in [0.2, 0.25) is 0 Å². The second kappa shape index (κ2) is 7.56. The monoisotopic (exact) mass is 309 g/mol. The summed E-state index contributed by atoms with van der Waals surface area (Å²) in [6, 6.07) is 2.10. The van der Waals surface area contributed by atoms with Crippen LogP contribution in [0.4, 0.5) is 0 Å². The molecule has 0 saturated carbocycles. The number of carbonyl (C=O) groups is 2. The van der Waals surface area contributed by atoms with Gasteiger partial charge in [-0.1, -0.05) is 6.92 Å². The highest BCUT2D eigenvalue weighted by atomic mass is 32.1. The van der Waals surface area contributed by atoms with Crippen molar-refractivity contribution in [2.45, 2.75) is 26.8 Å². The molecule has 0 bridgehead atoms. The zero-order valence-corrected chi connectivity index (χ0v) is 13.5. The highest BCUT2D eigenvalue weighted by Crippen LogP contribution is 2.23. The Morgan fingerprint density at radius 1 is 1.38 bits per heavy atom. The topological polar surface area (TPSA) is 52.7 Å². The van der Waals surface area contributed by atoms with Gasteiger partial charge in [-0.15, -0.1) is 11.3 Å². The largest absolute Gasteiger partial charge is 0.355 e. The molecule has 0 radical (unpaired) electrons. The molecule has 0 spiro atoms. The van der Waals surface area contributed by atoms with Crippen LogP contribution < -0.4 is 5.32 Å². The van der Waals surface area contributed by atoms with Crippen LogP contribution >= 0.6 is 11.3 Å². The summed E-state index contributed by atoms with van der Waals surface area (Å²) in [6.07, 6.45) is 0.946. The first-order chi connectivity index (χ1) is 10.1. The minimum Gasteiger partial charge on any atom is -0.355 e. The lowest BCUT2D eigenvalue weighted by molar-refractivity contribution is -0.134. The van der Waals surface area contributed by atoms with Gasteiger partial charge in [0.25, 0.3) is 0 Å². The predicted molar refractivity (Wildman–Crippen MR) is 84.2 cm³/mol. The van der Waals surface area contributed by atoms with Crippen molar-refractivity contribution < 1.29 is 9.59 Å². The maximum Gasteiger partial charge on any atom is 0.237 e. The Morgan fingerprint density at radius 3 is 2.90 bits per heavy atom. The molecular weight excluding hydrogens is 286 g/mol. The quantitative estimate of drug-likeness (QED) is 0.856. The predicted octanol–water partition coefficient (Wildman–Crippen LogP) is 1.09. The third-order valence-corrected chi connectivity index (χ3v) is 4.73. The first-order valence-corrected chi connectivity index (χ1v) is 8.34. The van der Waals surface area contributed by atoms with Crippen molar-refractivity contribution >= 4 is 23.2 Å². The van der Waals surface area contributed by atoms with Crippen LogP contribution in [-0.2, 0) is 22.6 Å². The standard InChI is InChI=1S/C15H23N3O2S/c1-3-16-14(19)10-17(4-2)11-15(20)18-7-5-13-12(9-18)6-8-21-13/h6,8H,3-5,7,9-11H2,1-2H3,(H,16,19). The van der Waals surface area contributed by atoms with E-state index in [4.69, 9.17) is 0 Å². The Labute approximate surface area is 129 Å².